The molecule has 0 aliphatic heterocycles. The van der Waals surface area contributed by atoms with Gasteiger partial charge in [0.05, 0.1) is 6.04 Å². The van der Waals surface area contributed by atoms with Crippen molar-refractivity contribution in [1.29, 1.82) is 0 Å². The zero-order valence-corrected chi connectivity index (χ0v) is 8.52. The first-order valence-corrected chi connectivity index (χ1v) is 4.54. The maximum Gasteiger partial charge on any atom is 0.164 e. The van der Waals surface area contributed by atoms with Crippen molar-refractivity contribution in [2.45, 2.75) is 26.8 Å². The summed E-state index contributed by atoms with van der Waals surface area (Å²) in [5, 5.41) is 8.10. The number of rotatable bonds is 1. The van der Waals surface area contributed by atoms with Crippen LogP contribution < -0.4 is 5.73 Å². The fourth-order valence-corrected chi connectivity index (χ4v) is 1.55. The maximum atomic E-state index is 5.78. The van der Waals surface area contributed by atoms with E-state index < -0.39 is 0 Å². The van der Waals surface area contributed by atoms with Crippen LogP contribution in [0, 0.1) is 13.8 Å². The minimum atomic E-state index is -0.131. The molecular weight excluding hydrogens is 178 g/mol. The van der Waals surface area contributed by atoms with Gasteiger partial charge in [-0.1, -0.05) is 0 Å². The van der Waals surface area contributed by atoms with Gasteiger partial charge >= 0.3 is 0 Å². The monoisotopic (exact) mass is 191 g/mol. The standard InChI is InChI=1S/C9H13N5/c1-5-4-8-12-13-9(6(2)10)14(8)7(3)11-5/h4,6H,10H2,1-3H3. The van der Waals surface area contributed by atoms with Gasteiger partial charge in [0.2, 0.25) is 0 Å². The predicted molar refractivity (Wildman–Crippen MR) is 52.9 cm³/mol. The summed E-state index contributed by atoms with van der Waals surface area (Å²) >= 11 is 0. The van der Waals surface area contributed by atoms with Gasteiger partial charge in [0.15, 0.2) is 11.5 Å². The van der Waals surface area contributed by atoms with Gasteiger partial charge < -0.3 is 5.73 Å². The summed E-state index contributed by atoms with van der Waals surface area (Å²) in [4.78, 5) is 4.34. The van der Waals surface area contributed by atoms with Gasteiger partial charge in [-0.15, -0.1) is 10.2 Å². The van der Waals surface area contributed by atoms with Crippen molar-refractivity contribution in [1.82, 2.24) is 19.6 Å². The largest absolute Gasteiger partial charge is 0.322 e. The second kappa shape index (κ2) is 3.02. The number of aryl methyl sites for hydroxylation is 2. The van der Waals surface area contributed by atoms with Gasteiger partial charge in [-0.05, 0) is 20.8 Å². The van der Waals surface area contributed by atoms with Crippen molar-refractivity contribution >= 4 is 5.65 Å². The fraction of sp³-hybridized carbons (Fsp3) is 0.444. The van der Waals surface area contributed by atoms with E-state index in [1.165, 1.54) is 0 Å². The topological polar surface area (TPSA) is 69.1 Å². The summed E-state index contributed by atoms with van der Waals surface area (Å²) < 4.78 is 1.89. The van der Waals surface area contributed by atoms with E-state index in [0.717, 1.165) is 23.0 Å². The molecule has 0 aliphatic carbocycles. The normalized spacial score (nSPS) is 13.4. The van der Waals surface area contributed by atoms with E-state index in [4.69, 9.17) is 5.73 Å². The summed E-state index contributed by atoms with van der Waals surface area (Å²) in [7, 11) is 0. The summed E-state index contributed by atoms with van der Waals surface area (Å²) in [6, 6.07) is 1.76. The highest BCUT2D eigenvalue weighted by atomic mass is 15.3. The molecule has 0 aromatic carbocycles. The molecule has 74 valence electrons. The Labute approximate surface area is 82.0 Å². The second-order valence-electron chi connectivity index (χ2n) is 3.49. The van der Waals surface area contributed by atoms with E-state index in [0.29, 0.717) is 0 Å². The van der Waals surface area contributed by atoms with Crippen LogP contribution in [-0.2, 0) is 0 Å². The summed E-state index contributed by atoms with van der Waals surface area (Å²) in [5.41, 5.74) is 7.53. The SMILES string of the molecule is Cc1cc2nnc(C(C)N)n2c(C)n1. The number of hydrogen-bond acceptors (Lipinski definition) is 4. The Kier molecular flexibility index (Phi) is 1.96. The fourth-order valence-electron chi connectivity index (χ4n) is 1.55. The van der Waals surface area contributed by atoms with E-state index in [-0.39, 0.29) is 6.04 Å². The summed E-state index contributed by atoms with van der Waals surface area (Å²) in [6.07, 6.45) is 0. The van der Waals surface area contributed by atoms with Crippen molar-refractivity contribution in [2.24, 2.45) is 5.73 Å². The number of nitrogens with two attached hydrogens (primary N) is 1. The third-order valence-electron chi connectivity index (χ3n) is 2.12. The molecule has 5 heteroatoms. The average Bonchev–Trinajstić information content (AvgIpc) is 2.47. The van der Waals surface area contributed by atoms with Gasteiger partial charge in [-0.25, -0.2) is 4.98 Å². The molecule has 2 rings (SSSR count). The molecule has 0 aliphatic rings. The Balaban J connectivity index is 2.79. The molecule has 0 spiro atoms. The summed E-state index contributed by atoms with van der Waals surface area (Å²) in [6.45, 7) is 5.75. The lowest BCUT2D eigenvalue weighted by atomic mass is 10.3. The first kappa shape index (κ1) is 9.08. The van der Waals surface area contributed by atoms with E-state index in [9.17, 15) is 0 Å². The minimum Gasteiger partial charge on any atom is -0.322 e. The highest BCUT2D eigenvalue weighted by Gasteiger charge is 2.11. The molecule has 1 unspecified atom stereocenters. The Morgan fingerprint density at radius 1 is 1.36 bits per heavy atom. The molecule has 2 heterocycles. The smallest absolute Gasteiger partial charge is 0.164 e. The number of aromatic nitrogens is 4. The molecule has 1 atom stereocenters. The summed E-state index contributed by atoms with van der Waals surface area (Å²) in [5.74, 6) is 1.63. The number of fused-ring (bicyclic) bond motifs is 1. The number of nitrogens with zero attached hydrogens (tertiary/aromatic N) is 4. The van der Waals surface area contributed by atoms with Gasteiger partial charge in [-0.3, -0.25) is 4.40 Å². The Hall–Kier alpha value is -1.49. The van der Waals surface area contributed by atoms with Crippen LogP contribution >= 0.6 is 0 Å². The highest BCUT2D eigenvalue weighted by molar-refractivity contribution is 5.40. The molecule has 0 radical (unpaired) electrons. The van der Waals surface area contributed by atoms with E-state index in [1.807, 2.05) is 31.2 Å². The van der Waals surface area contributed by atoms with Crippen LogP contribution in [-0.4, -0.2) is 19.6 Å². The van der Waals surface area contributed by atoms with Crippen molar-refractivity contribution in [2.75, 3.05) is 0 Å². The lowest BCUT2D eigenvalue weighted by Gasteiger charge is -2.05. The van der Waals surface area contributed by atoms with Gasteiger partial charge in [0, 0.05) is 11.8 Å². The molecule has 0 bridgehead atoms. The third-order valence-corrected chi connectivity index (χ3v) is 2.12. The van der Waals surface area contributed by atoms with E-state index >= 15 is 0 Å². The van der Waals surface area contributed by atoms with Crippen molar-refractivity contribution in [3.05, 3.63) is 23.4 Å². The van der Waals surface area contributed by atoms with Crippen LogP contribution in [0.3, 0.4) is 0 Å². The Morgan fingerprint density at radius 3 is 2.71 bits per heavy atom. The van der Waals surface area contributed by atoms with E-state index in [2.05, 4.69) is 15.2 Å². The van der Waals surface area contributed by atoms with Crippen LogP contribution in [0.15, 0.2) is 6.07 Å². The Bertz CT molecular complexity index is 471. The molecule has 2 aromatic heterocycles. The van der Waals surface area contributed by atoms with Crippen LogP contribution in [0.5, 0.6) is 0 Å². The quantitative estimate of drug-likeness (QED) is 0.722. The van der Waals surface area contributed by atoms with Gasteiger partial charge in [-0.2, -0.15) is 0 Å². The van der Waals surface area contributed by atoms with Crippen molar-refractivity contribution in [3.63, 3.8) is 0 Å². The lowest BCUT2D eigenvalue weighted by molar-refractivity contribution is 0.713. The van der Waals surface area contributed by atoms with Crippen LogP contribution in [0.2, 0.25) is 0 Å². The van der Waals surface area contributed by atoms with E-state index in [1.54, 1.807) is 0 Å². The van der Waals surface area contributed by atoms with Crippen molar-refractivity contribution in [3.8, 4) is 0 Å². The molecule has 0 fully saturated rings. The first-order chi connectivity index (χ1) is 6.59. The molecule has 0 amide bonds. The minimum absolute atomic E-state index is 0.131. The van der Waals surface area contributed by atoms with Gasteiger partial charge in [0.25, 0.3) is 0 Å². The highest BCUT2D eigenvalue weighted by Crippen LogP contribution is 2.12. The molecule has 0 saturated heterocycles. The lowest BCUT2D eigenvalue weighted by Crippen LogP contribution is -2.11. The predicted octanol–water partition coefficient (Wildman–Crippen LogP) is 0.761. The zero-order chi connectivity index (χ0) is 10.3. The molecule has 14 heavy (non-hydrogen) atoms. The number of hydrogen-bond donors (Lipinski definition) is 1. The average molecular weight is 191 g/mol. The Morgan fingerprint density at radius 2 is 2.07 bits per heavy atom. The molecule has 0 saturated carbocycles. The van der Waals surface area contributed by atoms with Crippen LogP contribution in [0.4, 0.5) is 0 Å². The van der Waals surface area contributed by atoms with Crippen LogP contribution in [0.1, 0.15) is 30.3 Å². The zero-order valence-electron chi connectivity index (χ0n) is 8.52. The second-order valence-corrected chi connectivity index (χ2v) is 3.49. The first-order valence-electron chi connectivity index (χ1n) is 4.54. The molecule has 5 nitrogen and oxygen atoms in total. The molecule has 2 N–H and O–H groups in total. The third kappa shape index (κ3) is 1.26. The van der Waals surface area contributed by atoms with Crippen LogP contribution in [0.25, 0.3) is 5.65 Å². The molecular formula is C9H13N5. The van der Waals surface area contributed by atoms with Gasteiger partial charge in [0.1, 0.15) is 5.82 Å². The van der Waals surface area contributed by atoms with Crippen molar-refractivity contribution < 1.29 is 0 Å². The molecule has 2 aromatic rings. The maximum absolute atomic E-state index is 5.78.